The number of likely N-dealkylation sites (tertiary alicyclic amines) is 1. The molecule has 34 heavy (non-hydrogen) atoms. The predicted octanol–water partition coefficient (Wildman–Crippen LogP) is 0.789. The third kappa shape index (κ3) is 5.61. The van der Waals surface area contributed by atoms with Gasteiger partial charge in [-0.25, -0.2) is 8.42 Å². The van der Waals surface area contributed by atoms with E-state index in [0.29, 0.717) is 0 Å². The van der Waals surface area contributed by atoms with Gasteiger partial charge in [-0.1, -0.05) is 5.10 Å². The molecule has 0 unspecified atom stereocenters. The predicted molar refractivity (Wildman–Crippen MR) is 113 cm³/mol. The summed E-state index contributed by atoms with van der Waals surface area (Å²) >= 11 is 0. The first-order chi connectivity index (χ1) is 16.3. The number of sulfonamides is 1. The molecule has 1 saturated heterocycles. The summed E-state index contributed by atoms with van der Waals surface area (Å²) in [7, 11) is -3.97. The Morgan fingerprint density at radius 1 is 1.06 bits per heavy atom. The fourth-order valence-electron chi connectivity index (χ4n) is 3.10. The highest BCUT2D eigenvalue weighted by molar-refractivity contribution is 7.89. The van der Waals surface area contributed by atoms with Gasteiger partial charge in [0.2, 0.25) is 27.7 Å². The third-order valence-electron chi connectivity index (χ3n) is 4.84. The molecule has 1 aliphatic heterocycles. The van der Waals surface area contributed by atoms with Gasteiger partial charge in [0.1, 0.15) is 6.54 Å². The monoisotopic (exact) mass is 485 g/mol. The van der Waals surface area contributed by atoms with Crippen molar-refractivity contribution in [1.82, 2.24) is 19.4 Å². The smallest absolute Gasteiger partial charge is 0.322 e. The minimum atomic E-state index is -3.97. The van der Waals surface area contributed by atoms with E-state index in [2.05, 4.69) is 15.5 Å². The molecule has 176 valence electrons. The first-order valence-electron chi connectivity index (χ1n) is 10.1. The molecule has 3 amide bonds. The van der Waals surface area contributed by atoms with E-state index in [1.165, 1.54) is 24.3 Å². The van der Waals surface area contributed by atoms with E-state index in [1.807, 2.05) is 12.1 Å². The number of nitrogens with one attached hydrogen (secondary N) is 1. The first-order valence-corrected chi connectivity index (χ1v) is 11.5. The number of benzene rings is 1. The summed E-state index contributed by atoms with van der Waals surface area (Å²) in [5.41, 5.74) is 0.101. The highest BCUT2D eigenvalue weighted by Crippen LogP contribution is 2.19. The molecule has 1 aliphatic rings. The van der Waals surface area contributed by atoms with Gasteiger partial charge in [0.15, 0.2) is 0 Å². The molecule has 14 heteroatoms. The second-order valence-electron chi connectivity index (χ2n) is 7.07. The molecule has 13 nitrogen and oxygen atoms in total. The SMILES string of the molecule is N#CCCN(CCC#N)S(=O)(=O)c1ccc(C(=O)Nc2nnc(CN3C(=O)CCC3=O)o2)cc1. The van der Waals surface area contributed by atoms with Crippen molar-refractivity contribution in [3.8, 4) is 12.1 Å². The second kappa shape index (κ2) is 10.7. The number of nitrogens with zero attached hydrogens (tertiary/aromatic N) is 6. The van der Waals surface area contributed by atoms with Crippen LogP contribution in [0.4, 0.5) is 6.01 Å². The Hall–Kier alpha value is -4.14. The Kier molecular flexibility index (Phi) is 7.68. The molecule has 0 atom stereocenters. The molecular weight excluding hydrogens is 466 g/mol. The van der Waals surface area contributed by atoms with E-state index in [9.17, 15) is 22.8 Å². The number of anilines is 1. The lowest BCUT2D eigenvalue weighted by molar-refractivity contribution is -0.139. The standard InChI is InChI=1S/C20H19N7O6S/c21-9-1-11-26(12-2-10-22)34(31,32)15-5-3-14(4-6-15)19(30)23-20-25-24-16(33-20)13-27-17(28)7-8-18(27)29/h3-6H,1-2,7-8,11-13H2,(H,23,25,30). The third-order valence-corrected chi connectivity index (χ3v) is 6.75. The van der Waals surface area contributed by atoms with Crippen LogP contribution >= 0.6 is 0 Å². The lowest BCUT2D eigenvalue weighted by Gasteiger charge is -2.20. The molecule has 1 aromatic carbocycles. The van der Waals surface area contributed by atoms with E-state index in [1.54, 1.807) is 0 Å². The minimum absolute atomic E-state index is 0.0304. The highest BCUT2D eigenvalue weighted by Gasteiger charge is 2.30. The zero-order chi connectivity index (χ0) is 24.7. The van der Waals surface area contributed by atoms with Crippen molar-refractivity contribution in [2.24, 2.45) is 0 Å². The van der Waals surface area contributed by atoms with E-state index in [-0.39, 0.29) is 79.5 Å². The van der Waals surface area contributed by atoms with Gasteiger partial charge >= 0.3 is 6.01 Å². The number of amides is 3. The minimum Gasteiger partial charge on any atom is -0.406 e. The number of aromatic nitrogens is 2. The fraction of sp³-hybridized carbons (Fsp3) is 0.350. The van der Waals surface area contributed by atoms with Crippen molar-refractivity contribution in [2.75, 3.05) is 18.4 Å². The summed E-state index contributed by atoms with van der Waals surface area (Å²) in [5.74, 6) is -1.38. The summed E-state index contributed by atoms with van der Waals surface area (Å²) in [6.45, 7) is -0.311. The Balaban J connectivity index is 1.66. The normalized spacial score (nSPS) is 13.7. The second-order valence-corrected chi connectivity index (χ2v) is 9.01. The molecule has 3 rings (SSSR count). The average Bonchev–Trinajstić information content (AvgIpc) is 3.40. The zero-order valence-corrected chi connectivity index (χ0v) is 18.6. The van der Waals surface area contributed by atoms with Gasteiger partial charge in [0, 0.05) is 44.3 Å². The molecule has 1 N–H and O–H groups in total. The van der Waals surface area contributed by atoms with Crippen LogP contribution in [0.3, 0.4) is 0 Å². The number of carbonyl (C=O) groups is 3. The molecule has 0 saturated carbocycles. The van der Waals surface area contributed by atoms with Crippen LogP contribution in [0.25, 0.3) is 0 Å². The summed E-state index contributed by atoms with van der Waals surface area (Å²) < 4.78 is 32.0. The van der Waals surface area contributed by atoms with Crippen molar-refractivity contribution in [1.29, 1.82) is 10.5 Å². The van der Waals surface area contributed by atoms with Gasteiger partial charge in [-0.3, -0.25) is 24.6 Å². The number of hydrogen-bond donors (Lipinski definition) is 1. The summed E-state index contributed by atoms with van der Waals surface area (Å²) in [5, 5.41) is 27.2. The Morgan fingerprint density at radius 3 is 2.21 bits per heavy atom. The van der Waals surface area contributed by atoms with Gasteiger partial charge in [0.25, 0.3) is 5.91 Å². The molecule has 1 fully saturated rings. The largest absolute Gasteiger partial charge is 0.406 e. The molecular formula is C20H19N7O6S. The molecule has 2 aromatic rings. The van der Waals surface area contributed by atoms with Gasteiger partial charge in [0.05, 0.1) is 17.0 Å². The van der Waals surface area contributed by atoms with Crippen LogP contribution in [0.5, 0.6) is 0 Å². The van der Waals surface area contributed by atoms with Crippen LogP contribution in [-0.2, 0) is 26.2 Å². The summed E-state index contributed by atoms with van der Waals surface area (Å²) in [4.78, 5) is 36.7. The number of imide groups is 1. The topological polar surface area (TPSA) is 190 Å². The zero-order valence-electron chi connectivity index (χ0n) is 17.8. The Morgan fingerprint density at radius 2 is 1.65 bits per heavy atom. The maximum atomic E-state index is 12.8. The number of nitriles is 2. The van der Waals surface area contributed by atoms with Gasteiger partial charge in [-0.2, -0.15) is 14.8 Å². The molecule has 0 bridgehead atoms. The molecule has 0 spiro atoms. The molecule has 0 radical (unpaired) electrons. The Bertz CT molecular complexity index is 1240. The molecule has 2 heterocycles. The fourth-order valence-corrected chi connectivity index (χ4v) is 4.54. The summed E-state index contributed by atoms with van der Waals surface area (Å²) in [6, 6.07) is 8.54. The van der Waals surface area contributed by atoms with E-state index in [4.69, 9.17) is 14.9 Å². The van der Waals surface area contributed by atoms with Crippen LogP contribution in [0.15, 0.2) is 33.6 Å². The quantitative estimate of drug-likeness (QED) is 0.471. The van der Waals surface area contributed by atoms with Crippen LogP contribution in [0.2, 0.25) is 0 Å². The van der Waals surface area contributed by atoms with Gasteiger partial charge < -0.3 is 4.42 Å². The molecule has 1 aromatic heterocycles. The average molecular weight is 485 g/mol. The summed E-state index contributed by atoms with van der Waals surface area (Å²) in [6.07, 6.45) is 0.183. The van der Waals surface area contributed by atoms with Crippen LogP contribution in [0, 0.1) is 22.7 Å². The number of hydrogen-bond acceptors (Lipinski definition) is 10. The van der Waals surface area contributed by atoms with E-state index >= 15 is 0 Å². The maximum absolute atomic E-state index is 12.8. The van der Waals surface area contributed by atoms with Crippen molar-refractivity contribution in [2.45, 2.75) is 37.1 Å². The lowest BCUT2D eigenvalue weighted by Crippen LogP contribution is -2.32. The van der Waals surface area contributed by atoms with Crippen molar-refractivity contribution < 1.29 is 27.2 Å². The maximum Gasteiger partial charge on any atom is 0.322 e. The number of carbonyl (C=O) groups excluding carboxylic acids is 3. The number of rotatable bonds is 10. The lowest BCUT2D eigenvalue weighted by atomic mass is 10.2. The van der Waals surface area contributed by atoms with Crippen LogP contribution < -0.4 is 5.32 Å². The van der Waals surface area contributed by atoms with Crippen molar-refractivity contribution in [3.63, 3.8) is 0 Å². The van der Waals surface area contributed by atoms with Crippen LogP contribution in [0.1, 0.15) is 41.9 Å². The molecule has 0 aliphatic carbocycles. The van der Waals surface area contributed by atoms with Crippen LogP contribution in [-0.4, -0.2) is 58.6 Å². The highest BCUT2D eigenvalue weighted by atomic mass is 32.2. The Labute approximate surface area is 194 Å². The van der Waals surface area contributed by atoms with Gasteiger partial charge in [-0.05, 0) is 24.3 Å². The van der Waals surface area contributed by atoms with E-state index < -0.39 is 15.9 Å². The van der Waals surface area contributed by atoms with Crippen molar-refractivity contribution in [3.05, 3.63) is 35.7 Å². The first kappa shape index (κ1) is 24.5. The van der Waals surface area contributed by atoms with E-state index in [0.717, 1.165) is 9.21 Å². The van der Waals surface area contributed by atoms with Gasteiger partial charge in [-0.15, -0.1) is 5.10 Å². The van der Waals surface area contributed by atoms with Crippen molar-refractivity contribution >= 4 is 33.8 Å².